The number of pyridine rings is 1. The molecular formula is C36H38ClN5O2S2. The number of fused-ring (bicyclic) bond motifs is 3. The van der Waals surface area contributed by atoms with Crippen LogP contribution in [0.15, 0.2) is 89.3 Å². The normalized spacial score (nSPS) is 26.3. The van der Waals surface area contributed by atoms with Gasteiger partial charge in [0.15, 0.2) is 0 Å². The van der Waals surface area contributed by atoms with Crippen LogP contribution < -0.4 is 0 Å². The van der Waals surface area contributed by atoms with Crippen molar-refractivity contribution in [3.05, 3.63) is 101 Å². The number of aromatic nitrogens is 3. The number of hydrogen-bond donors (Lipinski definition) is 0. The van der Waals surface area contributed by atoms with Crippen LogP contribution in [-0.4, -0.2) is 64.4 Å². The van der Waals surface area contributed by atoms with Gasteiger partial charge in [-0.25, -0.2) is 13.4 Å². The van der Waals surface area contributed by atoms with E-state index in [0.29, 0.717) is 39.8 Å². The molecular weight excluding hydrogens is 634 g/mol. The lowest BCUT2D eigenvalue weighted by atomic mass is 9.91. The number of nitrogens with zero attached hydrogens (tertiary/aromatic N) is 5. The molecule has 8 rings (SSSR count). The Morgan fingerprint density at radius 3 is 2.52 bits per heavy atom. The Hall–Kier alpha value is -3.08. The van der Waals surface area contributed by atoms with E-state index < -0.39 is 10.0 Å². The number of sulfonamides is 1. The highest BCUT2D eigenvalue weighted by atomic mass is 35.5. The standard InChI is InChI=1S/C36H38ClN5O2S2/c1-24-39-31-10-3-4-12-33(31)42(24)30-19-28-13-14-29(20-30)41(28)22-26-21-36(26,25-8-7-9-27(37)18-25)23-40(2)46(43,44)35-16-15-34(45-35)32-11-5-6-17-38-32/h3-12,15-18,26,28-30H,13-14,19-23H2,1-2H3/t26-,28?,29?,30?,36+/m0/s1. The minimum atomic E-state index is -3.69. The lowest BCUT2D eigenvalue weighted by Crippen LogP contribution is -2.45. The van der Waals surface area contributed by atoms with Gasteiger partial charge in [0.05, 0.1) is 21.6 Å². The van der Waals surface area contributed by atoms with Crippen molar-refractivity contribution in [3.63, 3.8) is 0 Å². The maximum absolute atomic E-state index is 13.9. The number of thiophene rings is 1. The number of piperidine rings is 1. The van der Waals surface area contributed by atoms with Crippen molar-refractivity contribution < 1.29 is 8.42 Å². The number of rotatable bonds is 9. The molecule has 5 heterocycles. The summed E-state index contributed by atoms with van der Waals surface area (Å²) in [6.45, 7) is 3.54. The third kappa shape index (κ3) is 5.21. The molecule has 46 heavy (non-hydrogen) atoms. The first-order valence-electron chi connectivity index (χ1n) is 16.2. The van der Waals surface area contributed by atoms with Gasteiger partial charge in [-0.3, -0.25) is 9.88 Å². The molecule has 0 N–H and O–H groups in total. The number of halogens is 1. The van der Waals surface area contributed by atoms with Gasteiger partial charge < -0.3 is 4.57 Å². The SMILES string of the molecule is Cc1nc2ccccc2n1C1CC2CCC(C1)N2C[C@@H]1C[C@@]1(CN(C)S(=O)(=O)c1ccc(-c2ccccn2)s1)c1cccc(Cl)c1. The molecule has 0 amide bonds. The van der Waals surface area contributed by atoms with Crippen molar-refractivity contribution >= 4 is 44.0 Å². The van der Waals surface area contributed by atoms with Gasteiger partial charge in [-0.2, -0.15) is 4.31 Å². The molecule has 10 heteroatoms. The minimum absolute atomic E-state index is 0.277. The second kappa shape index (κ2) is 11.6. The van der Waals surface area contributed by atoms with Gasteiger partial charge >= 0.3 is 0 Å². The van der Waals surface area contributed by atoms with E-state index in [9.17, 15) is 8.42 Å². The van der Waals surface area contributed by atoms with Crippen LogP contribution in [0.25, 0.3) is 21.6 Å². The van der Waals surface area contributed by atoms with Crippen LogP contribution in [0.1, 0.15) is 49.5 Å². The molecule has 2 bridgehead atoms. The lowest BCUT2D eigenvalue weighted by Gasteiger charge is -2.40. The highest BCUT2D eigenvalue weighted by molar-refractivity contribution is 7.91. The predicted octanol–water partition coefficient (Wildman–Crippen LogP) is 7.57. The van der Waals surface area contributed by atoms with E-state index in [0.717, 1.165) is 53.3 Å². The van der Waals surface area contributed by atoms with E-state index in [1.165, 1.54) is 29.7 Å². The Morgan fingerprint density at radius 2 is 1.76 bits per heavy atom. The van der Waals surface area contributed by atoms with Crippen LogP contribution in [0.4, 0.5) is 0 Å². The van der Waals surface area contributed by atoms with Crippen molar-refractivity contribution in [2.75, 3.05) is 20.1 Å². The zero-order valence-electron chi connectivity index (χ0n) is 26.1. The summed E-state index contributed by atoms with van der Waals surface area (Å²) in [5, 5.41) is 0.690. The van der Waals surface area contributed by atoms with E-state index in [-0.39, 0.29) is 5.41 Å². The first-order valence-corrected chi connectivity index (χ1v) is 18.8. The molecule has 238 valence electrons. The van der Waals surface area contributed by atoms with Crippen molar-refractivity contribution in [1.29, 1.82) is 0 Å². The van der Waals surface area contributed by atoms with E-state index in [1.54, 1.807) is 23.6 Å². The van der Waals surface area contributed by atoms with Crippen LogP contribution in [0.3, 0.4) is 0 Å². The van der Waals surface area contributed by atoms with Crippen molar-refractivity contribution in [1.82, 2.24) is 23.7 Å². The van der Waals surface area contributed by atoms with Crippen LogP contribution in [0.5, 0.6) is 0 Å². The van der Waals surface area contributed by atoms with E-state index in [2.05, 4.69) is 51.7 Å². The smallest absolute Gasteiger partial charge is 0.252 e. The van der Waals surface area contributed by atoms with Gasteiger partial charge in [0, 0.05) is 54.9 Å². The fourth-order valence-corrected chi connectivity index (χ4v) is 11.4. The van der Waals surface area contributed by atoms with Gasteiger partial charge in [0.2, 0.25) is 0 Å². The average molecular weight is 672 g/mol. The molecule has 3 fully saturated rings. The first kappa shape index (κ1) is 30.3. The predicted molar refractivity (Wildman–Crippen MR) is 185 cm³/mol. The maximum atomic E-state index is 13.9. The molecule has 3 aromatic heterocycles. The Bertz CT molecular complexity index is 2000. The minimum Gasteiger partial charge on any atom is -0.325 e. The Labute approximate surface area is 279 Å². The summed E-state index contributed by atoms with van der Waals surface area (Å²) >= 11 is 7.80. The number of imidazole rings is 1. The molecule has 1 saturated carbocycles. The molecule has 2 aromatic carbocycles. The number of likely N-dealkylation sites (N-methyl/N-ethyl adjacent to an activating group) is 1. The third-order valence-electron chi connectivity index (χ3n) is 10.7. The molecule has 1 aliphatic carbocycles. The summed E-state index contributed by atoms with van der Waals surface area (Å²) in [6.07, 6.45) is 7.36. The van der Waals surface area contributed by atoms with E-state index >= 15 is 0 Å². The Morgan fingerprint density at radius 1 is 0.978 bits per heavy atom. The van der Waals surface area contributed by atoms with Gasteiger partial charge in [-0.15, -0.1) is 11.3 Å². The molecule has 5 aromatic rings. The van der Waals surface area contributed by atoms with Crippen molar-refractivity contribution in [3.8, 4) is 10.6 Å². The molecule has 2 unspecified atom stereocenters. The largest absolute Gasteiger partial charge is 0.325 e. The second-order valence-corrected chi connectivity index (χ2v) is 17.2. The fraction of sp³-hybridized carbons (Fsp3) is 0.389. The quantitative estimate of drug-likeness (QED) is 0.162. The van der Waals surface area contributed by atoms with Gasteiger partial charge in [-0.1, -0.05) is 41.9 Å². The molecule has 4 atom stereocenters. The number of benzene rings is 2. The second-order valence-electron chi connectivity index (χ2n) is 13.4. The third-order valence-corrected chi connectivity index (χ3v) is 14.3. The molecule has 2 saturated heterocycles. The van der Waals surface area contributed by atoms with E-state index in [4.69, 9.17) is 16.6 Å². The maximum Gasteiger partial charge on any atom is 0.252 e. The van der Waals surface area contributed by atoms with Gasteiger partial charge in [0.1, 0.15) is 10.0 Å². The van der Waals surface area contributed by atoms with Crippen LogP contribution in [0.2, 0.25) is 5.02 Å². The molecule has 7 nitrogen and oxygen atoms in total. The summed E-state index contributed by atoms with van der Waals surface area (Å²) in [5.41, 5.74) is 3.95. The van der Waals surface area contributed by atoms with Crippen molar-refractivity contribution in [2.24, 2.45) is 5.92 Å². The number of hydrogen-bond acceptors (Lipinski definition) is 6. The van der Waals surface area contributed by atoms with Crippen LogP contribution >= 0.6 is 22.9 Å². The number of para-hydroxylation sites is 2. The van der Waals surface area contributed by atoms with Crippen LogP contribution in [0, 0.1) is 12.8 Å². The van der Waals surface area contributed by atoms with Gasteiger partial charge in [-0.05, 0) is 99.0 Å². The summed E-state index contributed by atoms with van der Waals surface area (Å²) < 4.78 is 32.3. The summed E-state index contributed by atoms with van der Waals surface area (Å²) in [6, 6.07) is 27.3. The average Bonchev–Trinajstić information content (AvgIpc) is 3.30. The first-order chi connectivity index (χ1) is 22.2. The summed E-state index contributed by atoms with van der Waals surface area (Å²) in [7, 11) is -1.96. The molecule has 3 aliphatic rings. The summed E-state index contributed by atoms with van der Waals surface area (Å²) in [5.74, 6) is 1.45. The zero-order valence-corrected chi connectivity index (χ0v) is 28.5. The Kier molecular flexibility index (Phi) is 7.61. The zero-order chi connectivity index (χ0) is 31.6. The lowest BCUT2D eigenvalue weighted by molar-refractivity contribution is 0.0989. The van der Waals surface area contributed by atoms with Crippen LogP contribution in [-0.2, 0) is 15.4 Å². The monoisotopic (exact) mass is 671 g/mol. The molecule has 0 spiro atoms. The highest BCUT2D eigenvalue weighted by Crippen LogP contribution is 2.57. The fourth-order valence-electron chi connectivity index (χ4n) is 8.43. The van der Waals surface area contributed by atoms with E-state index in [1.807, 2.05) is 42.5 Å². The number of aryl methyl sites for hydroxylation is 1. The summed E-state index contributed by atoms with van der Waals surface area (Å²) in [4.78, 5) is 12.9. The molecule has 2 aliphatic heterocycles. The highest BCUT2D eigenvalue weighted by Gasteiger charge is 2.58. The topological polar surface area (TPSA) is 71.3 Å². The van der Waals surface area contributed by atoms with Crippen molar-refractivity contribution in [2.45, 2.75) is 66.8 Å². The Balaban J connectivity index is 1.03. The molecule has 0 radical (unpaired) electrons. The van der Waals surface area contributed by atoms with Gasteiger partial charge in [0.25, 0.3) is 10.0 Å².